The molecule has 0 radical (unpaired) electrons. The van der Waals surface area contributed by atoms with Gasteiger partial charge in [-0.15, -0.1) is 0 Å². The van der Waals surface area contributed by atoms with Crippen LogP contribution in [0, 0.1) is 0 Å². The SMILES string of the molecule is CCN(CC(C)(C)O)C(=O)c1ncccc1C(=O)O. The molecule has 0 saturated heterocycles. The first kappa shape index (κ1) is 15.1. The number of amides is 1. The molecule has 2 N–H and O–H groups in total. The number of nitrogens with zero attached hydrogens (tertiary/aromatic N) is 2. The molecule has 104 valence electrons. The molecule has 0 fully saturated rings. The molecule has 19 heavy (non-hydrogen) atoms. The molecule has 0 spiro atoms. The maximum atomic E-state index is 12.3. The van der Waals surface area contributed by atoms with E-state index in [2.05, 4.69) is 4.98 Å². The first-order valence-corrected chi connectivity index (χ1v) is 5.96. The van der Waals surface area contributed by atoms with Crippen molar-refractivity contribution in [1.29, 1.82) is 0 Å². The van der Waals surface area contributed by atoms with Crippen LogP contribution in [-0.4, -0.2) is 50.7 Å². The second kappa shape index (κ2) is 5.79. The van der Waals surface area contributed by atoms with Crippen LogP contribution < -0.4 is 0 Å². The molecule has 6 heteroatoms. The van der Waals surface area contributed by atoms with Crippen LogP contribution in [0.4, 0.5) is 0 Å². The number of likely N-dealkylation sites (N-methyl/N-ethyl adjacent to an activating group) is 1. The molecule has 0 unspecified atom stereocenters. The molecular weight excluding hydrogens is 248 g/mol. The highest BCUT2D eigenvalue weighted by atomic mass is 16.4. The summed E-state index contributed by atoms with van der Waals surface area (Å²) < 4.78 is 0. The van der Waals surface area contributed by atoms with E-state index in [9.17, 15) is 14.7 Å². The van der Waals surface area contributed by atoms with Gasteiger partial charge in [0.05, 0.1) is 11.2 Å². The van der Waals surface area contributed by atoms with Gasteiger partial charge < -0.3 is 15.1 Å². The smallest absolute Gasteiger partial charge is 0.338 e. The predicted molar refractivity (Wildman–Crippen MR) is 69.1 cm³/mol. The van der Waals surface area contributed by atoms with Crippen molar-refractivity contribution in [2.24, 2.45) is 0 Å². The zero-order valence-corrected chi connectivity index (χ0v) is 11.3. The van der Waals surface area contributed by atoms with Crippen molar-refractivity contribution >= 4 is 11.9 Å². The lowest BCUT2D eigenvalue weighted by Gasteiger charge is -2.28. The Bertz CT molecular complexity index is 480. The van der Waals surface area contributed by atoms with Crippen LogP contribution in [0.3, 0.4) is 0 Å². The minimum absolute atomic E-state index is 0.109. The number of carbonyl (C=O) groups is 2. The van der Waals surface area contributed by atoms with Crippen molar-refractivity contribution in [3.05, 3.63) is 29.6 Å². The molecule has 0 saturated carbocycles. The number of aromatic carboxylic acids is 1. The molecule has 6 nitrogen and oxygen atoms in total. The average Bonchev–Trinajstić information content (AvgIpc) is 2.34. The summed E-state index contributed by atoms with van der Waals surface area (Å²) in [4.78, 5) is 28.5. The van der Waals surface area contributed by atoms with E-state index in [1.54, 1.807) is 20.8 Å². The van der Waals surface area contributed by atoms with Crippen LogP contribution in [0.15, 0.2) is 18.3 Å². The Hall–Kier alpha value is -1.95. The van der Waals surface area contributed by atoms with Crippen LogP contribution in [-0.2, 0) is 0 Å². The summed E-state index contributed by atoms with van der Waals surface area (Å²) in [7, 11) is 0. The van der Waals surface area contributed by atoms with Gasteiger partial charge in [0.2, 0.25) is 0 Å². The van der Waals surface area contributed by atoms with E-state index in [4.69, 9.17) is 5.11 Å². The third-order valence-electron chi connectivity index (χ3n) is 2.49. The van der Waals surface area contributed by atoms with E-state index in [0.717, 1.165) is 0 Å². The monoisotopic (exact) mass is 266 g/mol. The van der Waals surface area contributed by atoms with Gasteiger partial charge >= 0.3 is 5.97 Å². The van der Waals surface area contributed by atoms with Crippen molar-refractivity contribution in [1.82, 2.24) is 9.88 Å². The lowest BCUT2D eigenvalue weighted by Crippen LogP contribution is -2.42. The largest absolute Gasteiger partial charge is 0.478 e. The molecule has 0 atom stereocenters. The first-order chi connectivity index (χ1) is 8.76. The molecule has 0 aliphatic heterocycles. The highest BCUT2D eigenvalue weighted by Crippen LogP contribution is 2.12. The molecule has 0 aliphatic carbocycles. The second-order valence-electron chi connectivity index (χ2n) is 4.84. The minimum atomic E-state index is -1.20. The number of carboxylic acids is 1. The Morgan fingerprint density at radius 3 is 2.53 bits per heavy atom. The highest BCUT2D eigenvalue weighted by Gasteiger charge is 2.26. The van der Waals surface area contributed by atoms with E-state index < -0.39 is 17.5 Å². The summed E-state index contributed by atoms with van der Waals surface area (Å²) in [5, 5.41) is 18.8. The lowest BCUT2D eigenvalue weighted by atomic mass is 10.1. The Balaban J connectivity index is 3.08. The minimum Gasteiger partial charge on any atom is -0.478 e. The molecule has 0 bridgehead atoms. The standard InChI is InChI=1S/C13H18N2O4/c1-4-15(8-13(2,3)19)11(16)10-9(12(17)18)6-5-7-14-10/h5-7,19H,4,8H2,1-3H3,(H,17,18). The number of carbonyl (C=O) groups excluding carboxylic acids is 1. The third kappa shape index (κ3) is 4.03. The number of carboxylic acid groups (broad SMARTS) is 1. The fourth-order valence-corrected chi connectivity index (χ4v) is 1.69. The average molecular weight is 266 g/mol. The van der Waals surface area contributed by atoms with Gasteiger partial charge in [-0.25, -0.2) is 4.79 Å². The summed E-state index contributed by atoms with van der Waals surface area (Å²) in [6.45, 7) is 5.39. The van der Waals surface area contributed by atoms with Crippen LogP contribution in [0.25, 0.3) is 0 Å². The van der Waals surface area contributed by atoms with E-state index in [1.807, 2.05) is 0 Å². The summed E-state index contributed by atoms with van der Waals surface area (Å²) >= 11 is 0. The quantitative estimate of drug-likeness (QED) is 0.830. The fourth-order valence-electron chi connectivity index (χ4n) is 1.69. The van der Waals surface area contributed by atoms with Crippen molar-refractivity contribution < 1.29 is 19.8 Å². The van der Waals surface area contributed by atoms with Gasteiger partial charge in [0.25, 0.3) is 5.91 Å². The van der Waals surface area contributed by atoms with Gasteiger partial charge in [-0.2, -0.15) is 0 Å². The topological polar surface area (TPSA) is 90.7 Å². The molecule has 1 heterocycles. The summed E-state index contributed by atoms with van der Waals surface area (Å²) in [6, 6.07) is 2.80. The van der Waals surface area contributed by atoms with Crippen molar-refractivity contribution in [3.8, 4) is 0 Å². The van der Waals surface area contributed by atoms with Crippen LogP contribution in [0.1, 0.15) is 41.6 Å². The number of rotatable bonds is 5. The number of aromatic nitrogens is 1. The predicted octanol–water partition coefficient (Wildman–Crippen LogP) is 1.01. The Morgan fingerprint density at radius 1 is 1.42 bits per heavy atom. The van der Waals surface area contributed by atoms with Crippen LogP contribution in [0.2, 0.25) is 0 Å². The third-order valence-corrected chi connectivity index (χ3v) is 2.49. The van der Waals surface area contributed by atoms with E-state index >= 15 is 0 Å². The normalized spacial score (nSPS) is 11.2. The van der Waals surface area contributed by atoms with E-state index in [0.29, 0.717) is 6.54 Å². The molecular formula is C13H18N2O4. The van der Waals surface area contributed by atoms with Gasteiger partial charge in [0, 0.05) is 19.3 Å². The molecule has 0 aromatic carbocycles. The maximum Gasteiger partial charge on any atom is 0.338 e. The summed E-state index contributed by atoms with van der Waals surface area (Å²) in [5.74, 6) is -1.70. The maximum absolute atomic E-state index is 12.3. The number of hydrogen-bond donors (Lipinski definition) is 2. The van der Waals surface area contributed by atoms with Gasteiger partial charge in [0.15, 0.2) is 0 Å². The number of aliphatic hydroxyl groups is 1. The van der Waals surface area contributed by atoms with E-state index in [-0.39, 0.29) is 17.8 Å². The van der Waals surface area contributed by atoms with Gasteiger partial charge in [-0.3, -0.25) is 9.78 Å². The molecule has 1 aromatic rings. The Labute approximate surface area is 111 Å². The van der Waals surface area contributed by atoms with Crippen molar-refractivity contribution in [2.45, 2.75) is 26.4 Å². The lowest BCUT2D eigenvalue weighted by molar-refractivity contribution is 0.0310. The molecule has 1 amide bonds. The number of hydrogen-bond acceptors (Lipinski definition) is 4. The molecule has 0 aliphatic rings. The van der Waals surface area contributed by atoms with Gasteiger partial charge in [-0.05, 0) is 32.9 Å². The van der Waals surface area contributed by atoms with Gasteiger partial charge in [0.1, 0.15) is 5.69 Å². The van der Waals surface area contributed by atoms with Crippen LogP contribution >= 0.6 is 0 Å². The summed E-state index contributed by atoms with van der Waals surface area (Å²) in [5.41, 5.74) is -1.30. The Kier molecular flexibility index (Phi) is 4.61. The van der Waals surface area contributed by atoms with Crippen molar-refractivity contribution in [2.75, 3.05) is 13.1 Å². The highest BCUT2D eigenvalue weighted by molar-refractivity contribution is 6.03. The van der Waals surface area contributed by atoms with E-state index in [1.165, 1.54) is 23.2 Å². The van der Waals surface area contributed by atoms with Gasteiger partial charge in [-0.1, -0.05) is 0 Å². The summed E-state index contributed by atoms with van der Waals surface area (Å²) in [6.07, 6.45) is 1.37. The zero-order chi connectivity index (χ0) is 14.6. The molecule has 1 aromatic heterocycles. The fraction of sp³-hybridized carbons (Fsp3) is 0.462. The van der Waals surface area contributed by atoms with Crippen molar-refractivity contribution in [3.63, 3.8) is 0 Å². The zero-order valence-electron chi connectivity index (χ0n) is 11.3. The first-order valence-electron chi connectivity index (χ1n) is 5.96. The van der Waals surface area contributed by atoms with Crippen LogP contribution in [0.5, 0.6) is 0 Å². The Morgan fingerprint density at radius 2 is 2.05 bits per heavy atom. The molecule has 1 rings (SSSR count). The number of pyridine rings is 1. The second-order valence-corrected chi connectivity index (χ2v) is 4.84.